The molecule has 0 aliphatic carbocycles. The van der Waals surface area contributed by atoms with Crippen molar-refractivity contribution in [2.75, 3.05) is 13.2 Å². The van der Waals surface area contributed by atoms with E-state index in [1.165, 1.54) is 6.07 Å². The molecule has 0 radical (unpaired) electrons. The average molecular weight is 250 g/mol. The van der Waals surface area contributed by atoms with Crippen LogP contribution in [0.3, 0.4) is 0 Å². The second-order valence-corrected chi connectivity index (χ2v) is 3.96. The summed E-state index contributed by atoms with van der Waals surface area (Å²) in [5.41, 5.74) is 0.774. The Morgan fingerprint density at radius 3 is 2.67 bits per heavy atom. The number of hydrogen-bond acceptors (Lipinski definition) is 4. The third kappa shape index (κ3) is 2.16. The summed E-state index contributed by atoms with van der Waals surface area (Å²) >= 11 is 0. The highest BCUT2D eigenvalue weighted by Crippen LogP contribution is 2.36. The zero-order valence-corrected chi connectivity index (χ0v) is 10.1. The Morgan fingerprint density at radius 1 is 1.28 bits per heavy atom. The molecule has 0 fully saturated rings. The van der Waals surface area contributed by atoms with Gasteiger partial charge in [-0.15, -0.1) is 0 Å². The van der Waals surface area contributed by atoms with Crippen molar-refractivity contribution in [2.24, 2.45) is 0 Å². The Kier molecular flexibility index (Phi) is 3.50. The van der Waals surface area contributed by atoms with Gasteiger partial charge in [0.05, 0.1) is 13.2 Å². The first-order valence-corrected chi connectivity index (χ1v) is 5.84. The fraction of sp³-hybridized carbons (Fsp3) is 0.385. The number of carbonyl (C=O) groups excluding carboxylic acids is 1. The summed E-state index contributed by atoms with van der Waals surface area (Å²) in [5.74, 6) is -1.30. The number of hydrogen-bond donors (Lipinski definition) is 1. The van der Waals surface area contributed by atoms with Crippen molar-refractivity contribution in [3.63, 3.8) is 0 Å². The Morgan fingerprint density at radius 2 is 2.00 bits per heavy atom. The minimum atomic E-state index is -1.46. The van der Waals surface area contributed by atoms with Crippen molar-refractivity contribution < 1.29 is 24.2 Å². The summed E-state index contributed by atoms with van der Waals surface area (Å²) in [6.07, 6.45) is 1.28. The monoisotopic (exact) mass is 250 g/mol. The molecule has 2 rings (SSSR count). The van der Waals surface area contributed by atoms with Gasteiger partial charge in [-0.25, -0.2) is 4.79 Å². The normalized spacial score (nSPS) is 13.8. The maximum Gasteiger partial charge on any atom is 0.377 e. The van der Waals surface area contributed by atoms with Crippen LogP contribution in [0.5, 0.6) is 11.5 Å². The molecule has 0 unspecified atom stereocenters. The summed E-state index contributed by atoms with van der Waals surface area (Å²) in [6, 6.07) is 3.08. The third-order valence-corrected chi connectivity index (χ3v) is 2.81. The third-order valence-electron chi connectivity index (χ3n) is 2.81. The second-order valence-electron chi connectivity index (χ2n) is 3.96. The zero-order valence-electron chi connectivity index (χ0n) is 10.1. The molecule has 5 heteroatoms. The van der Waals surface area contributed by atoms with Gasteiger partial charge in [0.25, 0.3) is 5.78 Å². The van der Waals surface area contributed by atoms with E-state index in [0.29, 0.717) is 36.7 Å². The van der Waals surface area contributed by atoms with Crippen LogP contribution >= 0.6 is 0 Å². The van der Waals surface area contributed by atoms with Gasteiger partial charge in [0.15, 0.2) is 11.5 Å². The molecule has 0 amide bonds. The van der Waals surface area contributed by atoms with E-state index in [1.54, 1.807) is 6.07 Å². The standard InChI is InChI=1S/C13H14O5/c1-2-8-9(11(14)13(15)16)4-5-10-12(8)18-7-3-6-17-10/h4-5H,2-3,6-7H2,1H3,(H,15,16). The van der Waals surface area contributed by atoms with E-state index >= 15 is 0 Å². The molecule has 1 N–H and O–H groups in total. The van der Waals surface area contributed by atoms with Crippen molar-refractivity contribution in [1.82, 2.24) is 0 Å². The predicted molar refractivity (Wildman–Crippen MR) is 63.4 cm³/mol. The van der Waals surface area contributed by atoms with Crippen LogP contribution in [-0.4, -0.2) is 30.1 Å². The minimum absolute atomic E-state index is 0.175. The highest BCUT2D eigenvalue weighted by Gasteiger charge is 2.24. The van der Waals surface area contributed by atoms with Crippen molar-refractivity contribution in [3.8, 4) is 11.5 Å². The van der Waals surface area contributed by atoms with Gasteiger partial charge in [-0.1, -0.05) is 6.92 Å². The van der Waals surface area contributed by atoms with Gasteiger partial charge in [-0.3, -0.25) is 4.79 Å². The molecule has 1 heterocycles. The maximum absolute atomic E-state index is 11.6. The van der Waals surface area contributed by atoms with Crippen molar-refractivity contribution in [1.29, 1.82) is 0 Å². The van der Waals surface area contributed by atoms with E-state index in [0.717, 1.165) is 6.42 Å². The van der Waals surface area contributed by atoms with E-state index in [-0.39, 0.29) is 5.56 Å². The molecule has 1 aromatic carbocycles. The Bertz CT molecular complexity index is 492. The number of benzene rings is 1. The number of carboxylic acids is 1. The molecule has 5 nitrogen and oxygen atoms in total. The quantitative estimate of drug-likeness (QED) is 0.652. The fourth-order valence-corrected chi connectivity index (χ4v) is 1.97. The summed E-state index contributed by atoms with van der Waals surface area (Å²) < 4.78 is 11.1. The first kappa shape index (κ1) is 12.4. The number of Topliss-reactive ketones (excluding diaryl/α,β-unsaturated/α-hetero) is 1. The summed E-state index contributed by atoms with van der Waals surface area (Å²) in [6.45, 7) is 2.91. The molecular weight excluding hydrogens is 236 g/mol. The number of ketones is 1. The number of fused-ring (bicyclic) bond motifs is 1. The van der Waals surface area contributed by atoms with Crippen LogP contribution in [0, 0.1) is 0 Å². The molecule has 1 aliphatic rings. The maximum atomic E-state index is 11.6. The predicted octanol–water partition coefficient (Wildman–Crippen LogP) is 1.68. The zero-order chi connectivity index (χ0) is 13.1. The molecule has 96 valence electrons. The van der Waals surface area contributed by atoms with Gasteiger partial charge in [0.1, 0.15) is 0 Å². The van der Waals surface area contributed by atoms with Crippen LogP contribution in [0.1, 0.15) is 29.3 Å². The number of ether oxygens (including phenoxy) is 2. The molecule has 0 saturated carbocycles. The van der Waals surface area contributed by atoms with Crippen molar-refractivity contribution in [3.05, 3.63) is 23.3 Å². The van der Waals surface area contributed by atoms with Gasteiger partial charge in [-0.2, -0.15) is 0 Å². The first-order chi connectivity index (χ1) is 8.65. The Balaban J connectivity index is 2.53. The fourth-order valence-electron chi connectivity index (χ4n) is 1.97. The molecule has 1 aromatic rings. The van der Waals surface area contributed by atoms with Gasteiger partial charge < -0.3 is 14.6 Å². The van der Waals surface area contributed by atoms with Crippen molar-refractivity contribution in [2.45, 2.75) is 19.8 Å². The molecule has 0 aromatic heterocycles. The number of carboxylic acid groups (broad SMARTS) is 1. The summed E-state index contributed by atoms with van der Waals surface area (Å²) in [5, 5.41) is 8.79. The summed E-state index contributed by atoms with van der Waals surface area (Å²) in [4.78, 5) is 22.4. The topological polar surface area (TPSA) is 72.8 Å². The smallest absolute Gasteiger partial charge is 0.377 e. The highest BCUT2D eigenvalue weighted by molar-refractivity contribution is 6.40. The lowest BCUT2D eigenvalue weighted by molar-refractivity contribution is -0.131. The number of rotatable bonds is 3. The van der Waals surface area contributed by atoms with Gasteiger partial charge in [0.2, 0.25) is 0 Å². The Hall–Kier alpha value is -2.04. The molecular formula is C13H14O5. The van der Waals surface area contributed by atoms with Crippen LogP contribution in [-0.2, 0) is 11.2 Å². The molecule has 0 atom stereocenters. The average Bonchev–Trinajstić information content (AvgIpc) is 2.61. The molecule has 18 heavy (non-hydrogen) atoms. The van der Waals surface area contributed by atoms with E-state index in [2.05, 4.69) is 0 Å². The van der Waals surface area contributed by atoms with E-state index < -0.39 is 11.8 Å². The molecule has 0 bridgehead atoms. The largest absolute Gasteiger partial charge is 0.490 e. The summed E-state index contributed by atoms with van der Waals surface area (Å²) in [7, 11) is 0. The van der Waals surface area contributed by atoms with E-state index in [9.17, 15) is 9.59 Å². The lowest BCUT2D eigenvalue weighted by Gasteiger charge is -2.14. The van der Waals surface area contributed by atoms with Gasteiger partial charge in [0, 0.05) is 17.5 Å². The van der Waals surface area contributed by atoms with Crippen LogP contribution in [0.2, 0.25) is 0 Å². The van der Waals surface area contributed by atoms with Gasteiger partial charge >= 0.3 is 5.97 Å². The molecule has 0 spiro atoms. The van der Waals surface area contributed by atoms with Crippen LogP contribution in [0.25, 0.3) is 0 Å². The van der Waals surface area contributed by atoms with Crippen LogP contribution < -0.4 is 9.47 Å². The van der Waals surface area contributed by atoms with Crippen LogP contribution in [0.4, 0.5) is 0 Å². The minimum Gasteiger partial charge on any atom is -0.490 e. The Labute approximate surface area is 104 Å². The number of carbonyl (C=O) groups is 2. The molecule has 1 aliphatic heterocycles. The van der Waals surface area contributed by atoms with Crippen LogP contribution in [0.15, 0.2) is 12.1 Å². The SMILES string of the molecule is CCc1c(C(=O)C(=O)O)ccc2c1OCCCO2. The lowest BCUT2D eigenvalue weighted by Crippen LogP contribution is -2.15. The number of aliphatic carboxylic acids is 1. The van der Waals surface area contributed by atoms with Crippen molar-refractivity contribution >= 4 is 11.8 Å². The lowest BCUT2D eigenvalue weighted by atomic mass is 10.00. The van der Waals surface area contributed by atoms with E-state index in [1.807, 2.05) is 6.92 Å². The van der Waals surface area contributed by atoms with Gasteiger partial charge in [-0.05, 0) is 18.6 Å². The highest BCUT2D eigenvalue weighted by atomic mass is 16.5. The molecule has 0 saturated heterocycles. The van der Waals surface area contributed by atoms with E-state index in [4.69, 9.17) is 14.6 Å². The first-order valence-electron chi connectivity index (χ1n) is 5.84. The second kappa shape index (κ2) is 5.08.